The number of benzene rings is 1. The zero-order chi connectivity index (χ0) is 32.9. The lowest BCUT2D eigenvalue weighted by atomic mass is 9.70. The van der Waals surface area contributed by atoms with Gasteiger partial charge >= 0.3 is 5.97 Å². The molecule has 45 heavy (non-hydrogen) atoms. The maximum absolute atomic E-state index is 14.4. The molecule has 3 saturated heterocycles. The number of aliphatic hydroxyl groups excluding tert-OH is 1. The second-order valence-electron chi connectivity index (χ2n) is 13.4. The van der Waals surface area contributed by atoms with Gasteiger partial charge < -0.3 is 29.7 Å². The number of hydrogen-bond donors (Lipinski definition) is 2. The van der Waals surface area contributed by atoms with Crippen molar-refractivity contribution >= 4 is 23.7 Å². The maximum Gasteiger partial charge on any atom is 0.313 e. The monoisotopic (exact) mass is 623 g/mol. The molecule has 3 heterocycles. The third-order valence-electron chi connectivity index (χ3n) is 9.29. The Labute approximate surface area is 266 Å². The van der Waals surface area contributed by atoms with E-state index >= 15 is 0 Å². The summed E-state index contributed by atoms with van der Waals surface area (Å²) in [5.41, 5.74) is -1.01. The molecule has 1 aromatic carbocycles. The second kappa shape index (κ2) is 14.3. The minimum absolute atomic E-state index is 0.0312. The van der Waals surface area contributed by atoms with Crippen molar-refractivity contribution in [3.63, 3.8) is 0 Å². The number of ether oxygens (including phenoxy) is 2. The number of carbonyl (C=O) groups excluding carboxylic acids is 4. The first-order valence-corrected chi connectivity index (χ1v) is 16.1. The molecule has 0 aromatic heterocycles. The number of nitrogens with zero attached hydrogens (tertiary/aromatic N) is 2. The second-order valence-corrected chi connectivity index (χ2v) is 13.4. The molecular weight excluding hydrogens is 574 g/mol. The van der Waals surface area contributed by atoms with E-state index in [0.29, 0.717) is 44.2 Å². The summed E-state index contributed by atoms with van der Waals surface area (Å²) < 4.78 is 12.8. The molecule has 0 aliphatic carbocycles. The molecule has 7 atom stereocenters. The Balaban J connectivity index is 1.66. The Morgan fingerprint density at radius 1 is 1.20 bits per heavy atom. The van der Waals surface area contributed by atoms with Gasteiger partial charge in [0.15, 0.2) is 0 Å². The van der Waals surface area contributed by atoms with Crippen molar-refractivity contribution in [3.8, 4) is 0 Å². The van der Waals surface area contributed by atoms with Gasteiger partial charge in [0.2, 0.25) is 17.7 Å². The molecule has 4 rings (SSSR count). The van der Waals surface area contributed by atoms with Crippen LogP contribution in [0.15, 0.2) is 55.6 Å². The van der Waals surface area contributed by atoms with Gasteiger partial charge in [-0.25, -0.2) is 0 Å². The first kappa shape index (κ1) is 34.4. The lowest BCUT2D eigenvalue weighted by Crippen LogP contribution is -2.59. The largest absolute Gasteiger partial charge is 0.455 e. The number of aliphatic hydroxyl groups is 1. The lowest BCUT2D eigenvalue weighted by Gasteiger charge is -2.42. The fraction of sp³-hybridized carbons (Fsp3) is 0.600. The van der Waals surface area contributed by atoms with E-state index in [9.17, 15) is 24.3 Å². The fourth-order valence-corrected chi connectivity index (χ4v) is 7.25. The molecule has 1 aromatic rings. The zero-order valence-electron chi connectivity index (χ0n) is 27.1. The van der Waals surface area contributed by atoms with Crippen LogP contribution in [0.2, 0.25) is 0 Å². The Bertz CT molecular complexity index is 1260. The smallest absolute Gasteiger partial charge is 0.313 e. The molecule has 3 aliphatic heterocycles. The van der Waals surface area contributed by atoms with Gasteiger partial charge in [0.25, 0.3) is 0 Å². The van der Waals surface area contributed by atoms with Gasteiger partial charge in [0, 0.05) is 31.7 Å². The summed E-state index contributed by atoms with van der Waals surface area (Å²) in [6.07, 6.45) is 4.71. The van der Waals surface area contributed by atoms with E-state index in [1.54, 1.807) is 28.9 Å². The molecule has 10 nitrogen and oxygen atoms in total. The molecule has 3 aliphatic rings. The van der Waals surface area contributed by atoms with Crippen LogP contribution in [0.4, 0.5) is 0 Å². The molecule has 10 heteroatoms. The molecule has 0 radical (unpaired) electrons. The van der Waals surface area contributed by atoms with E-state index in [0.717, 1.165) is 0 Å². The van der Waals surface area contributed by atoms with Gasteiger partial charge in [-0.2, -0.15) is 0 Å². The highest BCUT2D eigenvalue weighted by Gasteiger charge is 2.75. The number of unbranched alkanes of at least 4 members (excludes halogenated alkanes) is 1. The molecule has 3 fully saturated rings. The van der Waals surface area contributed by atoms with E-state index in [-0.39, 0.29) is 37.3 Å². The summed E-state index contributed by atoms with van der Waals surface area (Å²) in [6, 6.07) is 7.74. The first-order valence-electron chi connectivity index (χ1n) is 16.1. The highest BCUT2D eigenvalue weighted by Crippen LogP contribution is 2.59. The van der Waals surface area contributed by atoms with Gasteiger partial charge in [0.1, 0.15) is 17.7 Å². The van der Waals surface area contributed by atoms with Crippen LogP contribution in [0.5, 0.6) is 0 Å². The van der Waals surface area contributed by atoms with E-state index in [4.69, 9.17) is 9.47 Å². The average Bonchev–Trinajstić information content (AvgIpc) is 3.64. The van der Waals surface area contributed by atoms with Gasteiger partial charge in [-0.15, -0.1) is 13.2 Å². The van der Waals surface area contributed by atoms with Gasteiger partial charge in [-0.1, -0.05) is 42.5 Å². The molecule has 2 bridgehead atoms. The number of nitrogens with one attached hydrogen (secondary N) is 1. The minimum atomic E-state index is -1.17. The molecular formula is C35H49N3O7. The van der Waals surface area contributed by atoms with E-state index in [2.05, 4.69) is 18.5 Å². The van der Waals surface area contributed by atoms with Gasteiger partial charge in [-0.05, 0) is 65.4 Å². The number of rotatable bonds is 15. The Hall–Kier alpha value is -3.50. The standard InChI is InChI=1S/C35H49N3O7/c1-7-9-17-26(40)36-23(3)29(24-15-11-10-12-16-24)44-33(43)27-25-18-19-35(45-25)28(27)31(41)37(21-13-14-22-39)30(35)32(42)38(20-8-2)34(4,5)6/h7-8,10-12,15-16,23,25,27-30,39H,1-2,9,13-14,17-22H2,3-6H3,(H,36,40)/t23-,25-,27+,28+,29-,30-,35+/m0/s1. The predicted molar refractivity (Wildman–Crippen MR) is 170 cm³/mol. The summed E-state index contributed by atoms with van der Waals surface area (Å²) in [6.45, 7) is 15.6. The molecule has 3 amide bonds. The van der Waals surface area contributed by atoms with E-state index in [1.807, 2.05) is 51.1 Å². The molecule has 1 spiro atoms. The molecule has 246 valence electrons. The van der Waals surface area contributed by atoms with Crippen LogP contribution in [0.3, 0.4) is 0 Å². The predicted octanol–water partition coefficient (Wildman–Crippen LogP) is 3.70. The van der Waals surface area contributed by atoms with Crippen LogP contribution in [0, 0.1) is 11.8 Å². The Morgan fingerprint density at radius 3 is 2.53 bits per heavy atom. The number of allylic oxidation sites excluding steroid dienone is 1. The highest BCUT2D eigenvalue weighted by atomic mass is 16.6. The average molecular weight is 624 g/mol. The van der Waals surface area contributed by atoms with Crippen LogP contribution >= 0.6 is 0 Å². The zero-order valence-corrected chi connectivity index (χ0v) is 27.1. The number of carbonyl (C=O) groups is 4. The molecule has 2 N–H and O–H groups in total. The summed E-state index contributed by atoms with van der Waals surface area (Å²) in [7, 11) is 0. The fourth-order valence-electron chi connectivity index (χ4n) is 7.25. The van der Waals surface area contributed by atoms with E-state index < -0.39 is 53.2 Å². The van der Waals surface area contributed by atoms with Crippen molar-refractivity contribution in [1.82, 2.24) is 15.1 Å². The summed E-state index contributed by atoms with van der Waals surface area (Å²) in [5, 5.41) is 12.4. The summed E-state index contributed by atoms with van der Waals surface area (Å²) >= 11 is 0. The number of fused-ring (bicyclic) bond motifs is 1. The first-order chi connectivity index (χ1) is 21.4. The summed E-state index contributed by atoms with van der Waals surface area (Å²) in [5.74, 6) is -3.09. The lowest BCUT2D eigenvalue weighted by molar-refractivity contribution is -0.162. The number of esters is 1. The van der Waals surface area contributed by atoms with Crippen molar-refractivity contribution in [2.24, 2.45) is 11.8 Å². The normalized spacial score (nSPS) is 26.6. The molecule has 0 saturated carbocycles. The molecule has 0 unspecified atom stereocenters. The van der Waals surface area contributed by atoms with Crippen molar-refractivity contribution in [1.29, 1.82) is 0 Å². The third kappa shape index (κ3) is 6.87. The Kier molecular flexibility index (Phi) is 10.9. The number of likely N-dealkylation sites (tertiary alicyclic amines) is 1. The van der Waals surface area contributed by atoms with Gasteiger partial charge in [0.05, 0.1) is 24.0 Å². The van der Waals surface area contributed by atoms with Crippen molar-refractivity contribution in [2.45, 2.75) is 102 Å². The van der Waals surface area contributed by atoms with Crippen LogP contribution in [-0.4, -0.2) is 87.6 Å². The van der Waals surface area contributed by atoms with Crippen molar-refractivity contribution < 1.29 is 33.8 Å². The Morgan fingerprint density at radius 2 is 1.91 bits per heavy atom. The van der Waals surface area contributed by atoms with Crippen molar-refractivity contribution in [2.75, 3.05) is 19.7 Å². The number of amides is 3. The third-order valence-corrected chi connectivity index (χ3v) is 9.29. The topological polar surface area (TPSA) is 125 Å². The van der Waals surface area contributed by atoms with Crippen LogP contribution in [0.25, 0.3) is 0 Å². The highest BCUT2D eigenvalue weighted by molar-refractivity contribution is 5.98. The quantitative estimate of drug-likeness (QED) is 0.173. The number of hydrogen-bond acceptors (Lipinski definition) is 7. The van der Waals surface area contributed by atoms with E-state index in [1.165, 1.54) is 0 Å². The maximum atomic E-state index is 14.4. The van der Waals surface area contributed by atoms with Crippen molar-refractivity contribution in [3.05, 3.63) is 61.2 Å². The van der Waals surface area contributed by atoms with Crippen LogP contribution in [-0.2, 0) is 28.7 Å². The minimum Gasteiger partial charge on any atom is -0.455 e. The van der Waals surface area contributed by atoms with Gasteiger partial charge in [-0.3, -0.25) is 19.2 Å². The van der Waals surface area contributed by atoms with Crippen LogP contribution in [0.1, 0.15) is 77.9 Å². The van der Waals surface area contributed by atoms with Crippen LogP contribution < -0.4 is 5.32 Å². The summed E-state index contributed by atoms with van der Waals surface area (Å²) in [4.78, 5) is 58.7. The SMILES string of the molecule is C=CCCC(=O)N[C@@H](C)[C@H](OC(=O)[C@@H]1[C@@H]2CC[C@]3(O2)[C@H](C(=O)N(CC=C)C(C)(C)C)N(CCCCO)C(=O)[C@@H]13)c1ccccc1.